The third kappa shape index (κ3) is 6.99. The second kappa shape index (κ2) is 11.0. The van der Waals surface area contributed by atoms with Crippen LogP contribution in [0.3, 0.4) is 0 Å². The molecule has 4 heteroatoms. The quantitative estimate of drug-likeness (QED) is 0.329. The fourth-order valence-corrected chi connectivity index (χ4v) is 3.29. The van der Waals surface area contributed by atoms with Gasteiger partial charge in [-0.25, -0.2) is 0 Å². The molecule has 0 rings (SSSR count). The van der Waals surface area contributed by atoms with Gasteiger partial charge in [0.25, 0.3) is 0 Å². The van der Waals surface area contributed by atoms with Crippen LogP contribution in [0.5, 0.6) is 0 Å². The summed E-state index contributed by atoms with van der Waals surface area (Å²) in [5.41, 5.74) is -0.0251. The molecule has 0 aliphatic rings. The number of ether oxygens (including phenoxy) is 1. The molecule has 24 heavy (non-hydrogen) atoms. The summed E-state index contributed by atoms with van der Waals surface area (Å²) in [7, 11) is 2.24. The van der Waals surface area contributed by atoms with Gasteiger partial charge in [-0.05, 0) is 36.4 Å². The first-order valence-corrected chi connectivity index (χ1v) is 9.47. The zero-order valence-electron chi connectivity index (χ0n) is 16.9. The Balaban J connectivity index is 5.32. The highest BCUT2D eigenvalue weighted by Crippen LogP contribution is 2.53. The van der Waals surface area contributed by atoms with E-state index >= 15 is 0 Å². The molecule has 0 bridgehead atoms. The Morgan fingerprint density at radius 2 is 1.92 bits per heavy atom. The van der Waals surface area contributed by atoms with Gasteiger partial charge in [-0.3, -0.25) is 0 Å². The van der Waals surface area contributed by atoms with Gasteiger partial charge < -0.3 is 9.84 Å². The minimum atomic E-state index is -0.329. The second-order valence-electron chi connectivity index (χ2n) is 8.01. The van der Waals surface area contributed by atoms with E-state index in [0.717, 1.165) is 25.7 Å². The molecule has 0 aromatic heterocycles. The lowest BCUT2D eigenvalue weighted by Crippen LogP contribution is -2.43. The fraction of sp³-hybridized carbons (Fsp3) is 0.850. The zero-order chi connectivity index (χ0) is 18.8. The second-order valence-corrected chi connectivity index (χ2v) is 8.01. The van der Waals surface area contributed by atoms with Gasteiger partial charge in [0, 0.05) is 0 Å². The zero-order valence-corrected chi connectivity index (χ0v) is 16.9. The minimum absolute atomic E-state index is 0.0251. The van der Waals surface area contributed by atoms with Gasteiger partial charge in [0.15, 0.2) is 0 Å². The van der Waals surface area contributed by atoms with Crippen molar-refractivity contribution < 1.29 is 9.84 Å². The smallest absolute Gasteiger partial charge is 0.113 e. The number of aliphatic hydroxyl groups excluding tert-OH is 1. The van der Waals surface area contributed by atoms with Crippen LogP contribution in [0, 0.1) is 22.7 Å². The Bertz CT molecular complexity index is 414. The standard InChI is InChI=1S/C20H38BNO2/c1-7-16(3)11-9-12-18(24-14-10-13-22)20(6,21)19(5,8-2)15-17(4)23/h9,11,16-18,23H,7-8,10,12,14-15,21H2,1-6H3. The van der Waals surface area contributed by atoms with Crippen LogP contribution in [0.2, 0.25) is 5.31 Å². The monoisotopic (exact) mass is 335 g/mol. The normalized spacial score (nSPS) is 20.8. The lowest BCUT2D eigenvalue weighted by molar-refractivity contribution is -0.0283. The Kier molecular flexibility index (Phi) is 10.6. The van der Waals surface area contributed by atoms with Gasteiger partial charge >= 0.3 is 0 Å². The van der Waals surface area contributed by atoms with Crippen LogP contribution in [-0.2, 0) is 4.74 Å². The van der Waals surface area contributed by atoms with E-state index in [1.54, 1.807) is 0 Å². The molecule has 0 aromatic carbocycles. The largest absolute Gasteiger partial charge is 0.393 e. The summed E-state index contributed by atoms with van der Waals surface area (Å²) in [5.74, 6) is 0.572. The van der Waals surface area contributed by atoms with E-state index in [9.17, 15) is 5.11 Å². The minimum Gasteiger partial charge on any atom is -0.393 e. The first-order chi connectivity index (χ1) is 11.1. The topological polar surface area (TPSA) is 53.2 Å². The number of hydrogen-bond acceptors (Lipinski definition) is 3. The molecule has 0 aliphatic carbocycles. The molecule has 0 saturated carbocycles. The molecule has 5 atom stereocenters. The maximum absolute atomic E-state index is 9.96. The van der Waals surface area contributed by atoms with Crippen molar-refractivity contribution in [2.24, 2.45) is 11.3 Å². The van der Waals surface area contributed by atoms with Crippen molar-refractivity contribution in [3.05, 3.63) is 12.2 Å². The fourth-order valence-electron chi connectivity index (χ4n) is 3.29. The van der Waals surface area contributed by atoms with Crippen molar-refractivity contribution in [1.29, 1.82) is 5.26 Å². The molecule has 0 aliphatic heterocycles. The molecular formula is C20H38BNO2. The van der Waals surface area contributed by atoms with Gasteiger partial charge in [0.05, 0.1) is 31.3 Å². The molecule has 0 fully saturated rings. The lowest BCUT2D eigenvalue weighted by Gasteiger charge is -2.49. The van der Waals surface area contributed by atoms with E-state index in [0.29, 0.717) is 18.9 Å². The first-order valence-electron chi connectivity index (χ1n) is 9.47. The number of nitrogens with zero attached hydrogens (tertiary/aromatic N) is 1. The Labute approximate surface area is 150 Å². The van der Waals surface area contributed by atoms with Gasteiger partial charge in [-0.2, -0.15) is 5.26 Å². The SMILES string of the molecule is BC(C)(C(CC=CC(C)CC)OCCC#N)C(C)(CC)CC(C)O. The third-order valence-electron chi connectivity index (χ3n) is 5.88. The molecule has 0 amide bonds. The summed E-state index contributed by atoms with van der Waals surface area (Å²) in [5, 5.41) is 18.7. The van der Waals surface area contributed by atoms with Crippen LogP contribution in [-0.4, -0.2) is 31.8 Å². The highest BCUT2D eigenvalue weighted by atomic mass is 16.5. The van der Waals surface area contributed by atoms with E-state index in [4.69, 9.17) is 10.00 Å². The predicted octanol–water partition coefficient (Wildman–Crippen LogP) is 4.28. The molecule has 0 aromatic rings. The van der Waals surface area contributed by atoms with Gasteiger partial charge in [-0.1, -0.05) is 59.6 Å². The number of allylic oxidation sites excluding steroid dienone is 1. The van der Waals surface area contributed by atoms with E-state index < -0.39 is 0 Å². The van der Waals surface area contributed by atoms with Crippen molar-refractivity contribution in [2.45, 2.75) is 91.2 Å². The first kappa shape index (κ1) is 23.2. The van der Waals surface area contributed by atoms with Crippen LogP contribution in [0.1, 0.15) is 73.6 Å². The highest BCUT2D eigenvalue weighted by Gasteiger charge is 2.45. The third-order valence-corrected chi connectivity index (χ3v) is 5.88. The van der Waals surface area contributed by atoms with Crippen molar-refractivity contribution in [2.75, 3.05) is 6.61 Å². The predicted molar refractivity (Wildman–Crippen MR) is 105 cm³/mol. The van der Waals surface area contributed by atoms with Gasteiger partial charge in [0.1, 0.15) is 7.85 Å². The summed E-state index contributed by atoms with van der Waals surface area (Å²) in [6, 6.07) is 2.16. The summed E-state index contributed by atoms with van der Waals surface area (Å²) >= 11 is 0. The average molecular weight is 335 g/mol. The summed E-state index contributed by atoms with van der Waals surface area (Å²) < 4.78 is 6.14. The van der Waals surface area contributed by atoms with Crippen molar-refractivity contribution in [3.8, 4) is 6.07 Å². The molecule has 3 nitrogen and oxygen atoms in total. The van der Waals surface area contributed by atoms with Crippen LogP contribution >= 0.6 is 0 Å². The van der Waals surface area contributed by atoms with Gasteiger partial charge in [-0.15, -0.1) is 0 Å². The molecule has 0 spiro atoms. The highest BCUT2D eigenvalue weighted by molar-refractivity contribution is 6.16. The Morgan fingerprint density at radius 3 is 2.38 bits per heavy atom. The number of aliphatic hydroxyl groups is 1. The van der Waals surface area contributed by atoms with Crippen molar-refractivity contribution >= 4 is 7.85 Å². The molecule has 0 heterocycles. The number of nitriles is 1. The molecule has 138 valence electrons. The van der Waals surface area contributed by atoms with Crippen LogP contribution < -0.4 is 0 Å². The van der Waals surface area contributed by atoms with E-state index in [-0.39, 0.29) is 22.9 Å². The molecular weight excluding hydrogens is 297 g/mol. The van der Waals surface area contributed by atoms with Crippen LogP contribution in [0.25, 0.3) is 0 Å². The van der Waals surface area contributed by atoms with E-state index in [1.807, 2.05) is 6.92 Å². The van der Waals surface area contributed by atoms with E-state index in [2.05, 4.69) is 60.7 Å². The van der Waals surface area contributed by atoms with Gasteiger partial charge in [0.2, 0.25) is 0 Å². The van der Waals surface area contributed by atoms with Crippen molar-refractivity contribution in [3.63, 3.8) is 0 Å². The lowest BCUT2D eigenvalue weighted by atomic mass is 9.48. The summed E-state index contributed by atoms with van der Waals surface area (Å²) in [6.07, 6.45) is 8.33. The van der Waals surface area contributed by atoms with Crippen LogP contribution in [0.15, 0.2) is 12.2 Å². The molecule has 5 unspecified atom stereocenters. The number of hydrogen-bond donors (Lipinski definition) is 1. The Morgan fingerprint density at radius 1 is 1.29 bits per heavy atom. The molecule has 0 saturated heterocycles. The molecule has 0 radical (unpaired) electrons. The Hall–Kier alpha value is -0.785. The maximum atomic E-state index is 9.96. The van der Waals surface area contributed by atoms with Crippen molar-refractivity contribution in [1.82, 2.24) is 0 Å². The van der Waals surface area contributed by atoms with Crippen LogP contribution in [0.4, 0.5) is 0 Å². The summed E-state index contributed by atoms with van der Waals surface area (Å²) in [4.78, 5) is 0. The maximum Gasteiger partial charge on any atom is 0.113 e. The molecule has 1 N–H and O–H groups in total. The summed E-state index contributed by atoms with van der Waals surface area (Å²) in [6.45, 7) is 13.4. The van der Waals surface area contributed by atoms with E-state index in [1.165, 1.54) is 0 Å². The number of rotatable bonds is 12. The average Bonchev–Trinajstić information content (AvgIpc) is 2.52.